The zero-order valence-corrected chi connectivity index (χ0v) is 5.72. The molecule has 0 atom stereocenters. The van der Waals surface area contributed by atoms with Gasteiger partial charge in [-0.3, -0.25) is 0 Å². The van der Waals surface area contributed by atoms with Gasteiger partial charge in [-0.05, 0) is 0 Å². The van der Waals surface area contributed by atoms with Gasteiger partial charge < -0.3 is 0 Å². The summed E-state index contributed by atoms with van der Waals surface area (Å²) >= 11 is 2.53. The first-order chi connectivity index (χ1) is 2.41. The summed E-state index contributed by atoms with van der Waals surface area (Å²) in [5, 5.41) is 0. The Balaban J connectivity index is 0. The van der Waals surface area contributed by atoms with Gasteiger partial charge in [0.25, 0.3) is 0 Å². The van der Waals surface area contributed by atoms with Crippen molar-refractivity contribution in [2.45, 2.75) is 20.3 Å². The third-order valence-corrected chi connectivity index (χ3v) is 0. The van der Waals surface area contributed by atoms with Gasteiger partial charge in [-0.1, -0.05) is 20.3 Å². The van der Waals surface area contributed by atoms with Crippen LogP contribution < -0.4 is 0 Å². The Morgan fingerprint density at radius 2 is 1.40 bits per heavy atom. The SMILES string of the molecule is CCC.[S]=[Ag]. The molecule has 37 valence electrons. The van der Waals surface area contributed by atoms with Gasteiger partial charge in [0.05, 0.1) is 0 Å². The second-order valence-corrected chi connectivity index (χ2v) is 0.707. The molecule has 0 radical (unpaired) electrons. The number of hydrogen-bond acceptors (Lipinski definition) is 1. The Bertz CT molecular complexity index is 10.9. The maximum atomic E-state index is 3.89. The zero-order valence-electron chi connectivity index (χ0n) is 3.42. The fourth-order valence-corrected chi connectivity index (χ4v) is 0. The van der Waals surface area contributed by atoms with Crippen LogP contribution in [0.3, 0.4) is 0 Å². The second-order valence-electron chi connectivity index (χ2n) is 0.707. The predicted octanol–water partition coefficient (Wildman–Crippen LogP) is 2.06. The molecular weight excluding hydrogens is 176 g/mol. The Morgan fingerprint density at radius 1 is 1.40 bits per heavy atom. The van der Waals surface area contributed by atoms with Crippen LogP contribution in [0.15, 0.2) is 0 Å². The van der Waals surface area contributed by atoms with Crippen molar-refractivity contribution >= 4 is 9.58 Å². The quantitative estimate of drug-likeness (QED) is 0.519. The molecule has 0 N–H and O–H groups in total. The summed E-state index contributed by atoms with van der Waals surface area (Å²) in [7, 11) is 3.89. The van der Waals surface area contributed by atoms with Crippen molar-refractivity contribution < 1.29 is 19.2 Å². The van der Waals surface area contributed by atoms with Crippen LogP contribution in [0.2, 0.25) is 0 Å². The molecule has 5 heavy (non-hydrogen) atoms. The average molecular weight is 184 g/mol. The summed E-state index contributed by atoms with van der Waals surface area (Å²) < 4.78 is 0. The molecule has 0 aliphatic heterocycles. The van der Waals surface area contributed by atoms with Crippen LogP contribution in [-0.2, 0) is 19.2 Å². The topological polar surface area (TPSA) is 0 Å². The Labute approximate surface area is 49.2 Å². The molecule has 0 aromatic heterocycles. The average Bonchev–Trinajstić information content (AvgIpc) is 1.46. The monoisotopic (exact) mass is 183 g/mol. The van der Waals surface area contributed by atoms with Gasteiger partial charge in [-0.2, -0.15) is 0 Å². The Kier molecular flexibility index (Phi) is 37.9. The molecule has 0 spiro atoms. The molecular formula is C3H8AgS. The minimum absolute atomic E-state index is 1.25. The van der Waals surface area contributed by atoms with Gasteiger partial charge in [0.2, 0.25) is 0 Å². The van der Waals surface area contributed by atoms with E-state index >= 15 is 0 Å². The van der Waals surface area contributed by atoms with E-state index in [0.717, 1.165) is 0 Å². The van der Waals surface area contributed by atoms with Crippen LogP contribution >= 0.6 is 9.58 Å². The summed E-state index contributed by atoms with van der Waals surface area (Å²) in [5.74, 6) is 0. The first-order valence-electron chi connectivity index (χ1n) is 1.54. The normalized spacial score (nSPS) is 4.80. The molecule has 0 fully saturated rings. The van der Waals surface area contributed by atoms with Crippen molar-refractivity contribution in [3.05, 3.63) is 0 Å². The first kappa shape index (κ1) is 9.35. The van der Waals surface area contributed by atoms with Crippen LogP contribution in [0.4, 0.5) is 0 Å². The van der Waals surface area contributed by atoms with Crippen molar-refractivity contribution in [1.82, 2.24) is 0 Å². The van der Waals surface area contributed by atoms with Gasteiger partial charge in [0.15, 0.2) is 0 Å². The predicted molar refractivity (Wildman–Crippen MR) is 23.6 cm³/mol. The van der Waals surface area contributed by atoms with E-state index in [4.69, 9.17) is 0 Å². The molecule has 0 heterocycles. The molecule has 0 saturated carbocycles. The van der Waals surface area contributed by atoms with Crippen molar-refractivity contribution in [1.29, 1.82) is 0 Å². The van der Waals surface area contributed by atoms with E-state index in [1.165, 1.54) is 6.42 Å². The van der Waals surface area contributed by atoms with Gasteiger partial charge in [-0.25, -0.2) is 0 Å². The van der Waals surface area contributed by atoms with Gasteiger partial charge >= 0.3 is 28.8 Å². The van der Waals surface area contributed by atoms with Crippen molar-refractivity contribution in [3.8, 4) is 0 Å². The molecule has 2 heteroatoms. The van der Waals surface area contributed by atoms with E-state index in [9.17, 15) is 0 Å². The van der Waals surface area contributed by atoms with Crippen LogP contribution in [0.5, 0.6) is 0 Å². The molecule has 0 bridgehead atoms. The molecule has 0 unspecified atom stereocenters. The van der Waals surface area contributed by atoms with E-state index in [1.807, 2.05) is 0 Å². The molecule has 0 aromatic rings. The van der Waals surface area contributed by atoms with Crippen molar-refractivity contribution in [3.63, 3.8) is 0 Å². The molecule has 0 aliphatic rings. The van der Waals surface area contributed by atoms with E-state index < -0.39 is 0 Å². The van der Waals surface area contributed by atoms with Crippen molar-refractivity contribution in [2.75, 3.05) is 0 Å². The van der Waals surface area contributed by atoms with Crippen LogP contribution in [0.1, 0.15) is 20.3 Å². The Hall–Kier alpha value is 0.960. The van der Waals surface area contributed by atoms with E-state index in [1.54, 1.807) is 0 Å². The van der Waals surface area contributed by atoms with Gasteiger partial charge in [0, 0.05) is 0 Å². The molecule has 0 saturated heterocycles. The Morgan fingerprint density at radius 3 is 1.40 bits per heavy atom. The maximum absolute atomic E-state index is 3.89. The van der Waals surface area contributed by atoms with Crippen molar-refractivity contribution in [2.24, 2.45) is 0 Å². The number of rotatable bonds is 0. The van der Waals surface area contributed by atoms with Gasteiger partial charge in [-0.15, -0.1) is 0 Å². The van der Waals surface area contributed by atoms with Crippen LogP contribution in [-0.4, -0.2) is 0 Å². The van der Waals surface area contributed by atoms with E-state index in [0.29, 0.717) is 0 Å². The molecule has 0 aliphatic carbocycles. The minimum atomic E-state index is 1.25. The zero-order chi connectivity index (χ0) is 4.71. The molecule has 0 nitrogen and oxygen atoms in total. The third kappa shape index (κ3) is 47.1. The van der Waals surface area contributed by atoms with Crippen LogP contribution in [0.25, 0.3) is 0 Å². The molecule has 0 aromatic carbocycles. The molecule has 0 amide bonds. The van der Waals surface area contributed by atoms with E-state index in [-0.39, 0.29) is 0 Å². The summed E-state index contributed by atoms with van der Waals surface area (Å²) in [5.41, 5.74) is 0. The first-order valence-corrected chi connectivity index (χ1v) is 3.60. The molecule has 0 rings (SSSR count). The third-order valence-electron chi connectivity index (χ3n) is 0. The number of hydrogen-bond donors (Lipinski definition) is 0. The van der Waals surface area contributed by atoms with E-state index in [2.05, 4.69) is 42.6 Å². The summed E-state index contributed by atoms with van der Waals surface area (Å²) in [6, 6.07) is 0. The fourth-order valence-electron chi connectivity index (χ4n) is 0. The summed E-state index contributed by atoms with van der Waals surface area (Å²) in [6.07, 6.45) is 1.25. The van der Waals surface area contributed by atoms with Gasteiger partial charge in [0.1, 0.15) is 0 Å². The fraction of sp³-hybridized carbons (Fsp3) is 1.00. The summed E-state index contributed by atoms with van der Waals surface area (Å²) in [6.45, 7) is 4.25. The standard InChI is InChI=1S/C3H8.Ag.S/c1-3-2;;/h3H2,1-2H3;;. The van der Waals surface area contributed by atoms with Crippen LogP contribution in [0, 0.1) is 0 Å². The summed E-state index contributed by atoms with van der Waals surface area (Å²) in [4.78, 5) is 0. The second kappa shape index (κ2) is 20.2.